The molecule has 0 aliphatic rings. The van der Waals surface area contributed by atoms with Crippen LogP contribution in [0.3, 0.4) is 0 Å². The Labute approximate surface area is 99.6 Å². The van der Waals surface area contributed by atoms with E-state index >= 15 is 0 Å². The van der Waals surface area contributed by atoms with Crippen LogP contribution in [0.2, 0.25) is 0 Å². The van der Waals surface area contributed by atoms with Crippen molar-refractivity contribution in [2.24, 2.45) is 10.4 Å². The first kappa shape index (κ1) is 18.8. The summed E-state index contributed by atoms with van der Waals surface area (Å²) in [5.74, 6) is -4.71. The molecule has 0 N–H and O–H groups in total. The molecule has 0 aromatic carbocycles. The van der Waals surface area contributed by atoms with Gasteiger partial charge in [0.1, 0.15) is 0 Å². The fourth-order valence-electron chi connectivity index (χ4n) is 1.03. The summed E-state index contributed by atoms with van der Waals surface area (Å²) in [6, 6.07) is 0. The average molecular weight is 333 g/mol. The Balaban J connectivity index is 6.58. The molecule has 0 heterocycles. The third kappa shape index (κ3) is 3.08. The van der Waals surface area contributed by atoms with Crippen molar-refractivity contribution in [3.05, 3.63) is 0 Å². The van der Waals surface area contributed by atoms with Gasteiger partial charge in [-0.15, -0.1) is 13.2 Å². The highest BCUT2D eigenvalue weighted by Crippen LogP contribution is 2.60. The summed E-state index contributed by atoms with van der Waals surface area (Å²) in [6.07, 6.45) is -28.9. The summed E-state index contributed by atoms with van der Waals surface area (Å²) in [7, 11) is 0. The van der Waals surface area contributed by atoms with Gasteiger partial charge in [-0.2, -0.15) is 48.9 Å². The van der Waals surface area contributed by atoms with Crippen molar-refractivity contribution >= 4 is 5.97 Å². The maximum atomic E-state index is 12.6. The van der Waals surface area contributed by atoms with E-state index in [0.717, 1.165) is 0 Å². The van der Waals surface area contributed by atoms with Crippen LogP contribution in [-0.4, -0.2) is 30.8 Å². The summed E-state index contributed by atoms with van der Waals surface area (Å²) in [5, 5.41) is 0. The second-order valence-corrected chi connectivity index (χ2v) is 3.11. The van der Waals surface area contributed by atoms with Gasteiger partial charge in [-0.3, -0.25) is 0 Å². The Bertz CT molecular complexity index is 340. The molecule has 14 heteroatoms. The van der Waals surface area contributed by atoms with Crippen molar-refractivity contribution < 1.29 is 57.1 Å². The van der Waals surface area contributed by atoms with Gasteiger partial charge < -0.3 is 0 Å². The fourth-order valence-corrected chi connectivity index (χ4v) is 1.03. The topological polar surface area (TPSA) is 12.4 Å². The summed E-state index contributed by atoms with van der Waals surface area (Å²) < 4.78 is 156. The van der Waals surface area contributed by atoms with E-state index in [1.807, 2.05) is 0 Å². The van der Waals surface area contributed by atoms with E-state index in [-0.39, 0.29) is 4.99 Å². The van der Waals surface area contributed by atoms with E-state index in [4.69, 9.17) is 0 Å². The molecule has 0 spiro atoms. The highest BCUT2D eigenvalue weighted by Gasteiger charge is 2.87. The van der Waals surface area contributed by atoms with Crippen LogP contribution in [0.1, 0.15) is 0 Å². The second-order valence-electron chi connectivity index (χ2n) is 3.11. The van der Waals surface area contributed by atoms with Crippen molar-refractivity contribution in [3.8, 4) is 0 Å². The van der Waals surface area contributed by atoms with E-state index in [1.165, 1.54) is 0 Å². The molecule has 120 valence electrons. The molecule has 0 atom stereocenters. The number of hydrogen-bond acceptors (Lipinski definition) is 1. The zero-order chi connectivity index (χ0) is 16.8. The van der Waals surface area contributed by atoms with Crippen LogP contribution in [0.25, 0.3) is 0 Å². The van der Waals surface area contributed by atoms with Gasteiger partial charge >= 0.3 is 30.2 Å². The number of halogens is 13. The molecule has 0 aliphatic heterocycles. The standard InChI is InChI=1S/C6F13N/c7-1(20-6(17,18)19)2(3(8,9)10,4(11,12)13)5(14,15)16. The van der Waals surface area contributed by atoms with Gasteiger partial charge in [-0.25, -0.2) is 0 Å². The minimum atomic E-state index is -7.48. The molecule has 0 rings (SSSR count). The third-order valence-corrected chi connectivity index (χ3v) is 1.81. The van der Waals surface area contributed by atoms with E-state index in [1.54, 1.807) is 0 Å². The molecule has 0 radical (unpaired) electrons. The van der Waals surface area contributed by atoms with Crippen LogP contribution in [0.5, 0.6) is 0 Å². The van der Waals surface area contributed by atoms with Crippen LogP contribution in [-0.2, 0) is 0 Å². The Hall–Kier alpha value is -1.24. The number of alkyl halides is 12. The van der Waals surface area contributed by atoms with Crippen molar-refractivity contribution in [2.75, 3.05) is 0 Å². The van der Waals surface area contributed by atoms with Gasteiger partial charge in [0.25, 0.3) is 0 Å². The van der Waals surface area contributed by atoms with E-state index < -0.39 is 36.2 Å². The predicted octanol–water partition coefficient (Wildman–Crippen LogP) is 4.55. The van der Waals surface area contributed by atoms with Gasteiger partial charge in [0.2, 0.25) is 5.97 Å². The smallest absolute Gasteiger partial charge is 0.188 e. The van der Waals surface area contributed by atoms with Crippen LogP contribution < -0.4 is 0 Å². The third-order valence-electron chi connectivity index (χ3n) is 1.81. The van der Waals surface area contributed by atoms with Crippen LogP contribution in [0, 0.1) is 5.41 Å². The van der Waals surface area contributed by atoms with Crippen molar-refractivity contribution in [1.82, 2.24) is 0 Å². The minimum absolute atomic E-state index is 0.271. The van der Waals surface area contributed by atoms with Gasteiger partial charge in [-0.1, -0.05) is 0 Å². The van der Waals surface area contributed by atoms with Crippen LogP contribution in [0.4, 0.5) is 57.1 Å². The van der Waals surface area contributed by atoms with E-state index in [0.29, 0.717) is 0 Å². The Morgan fingerprint density at radius 2 is 0.800 bits per heavy atom. The SMILES string of the molecule is FC(=NC(F)(F)F)C(C(F)(F)F)(C(F)(F)F)C(F)(F)F. The largest absolute Gasteiger partial charge is 0.505 e. The lowest BCUT2D eigenvalue weighted by Crippen LogP contribution is -2.63. The summed E-state index contributed by atoms with van der Waals surface area (Å²) >= 11 is 0. The second kappa shape index (κ2) is 4.65. The molecular formula is C6F13N. The lowest BCUT2D eigenvalue weighted by molar-refractivity contribution is -0.399. The number of aliphatic imine (C=N–C) groups is 1. The van der Waals surface area contributed by atoms with E-state index in [2.05, 4.69) is 0 Å². The molecule has 0 saturated heterocycles. The summed E-state index contributed by atoms with van der Waals surface area (Å²) in [6.45, 7) is 0. The minimum Gasteiger partial charge on any atom is -0.188 e. The van der Waals surface area contributed by atoms with Crippen molar-refractivity contribution in [3.63, 3.8) is 0 Å². The predicted molar refractivity (Wildman–Crippen MR) is 35.2 cm³/mol. The van der Waals surface area contributed by atoms with Gasteiger partial charge in [0.15, 0.2) is 0 Å². The van der Waals surface area contributed by atoms with Crippen molar-refractivity contribution in [2.45, 2.75) is 24.8 Å². The molecule has 0 aromatic heterocycles. The number of hydrogen-bond donors (Lipinski definition) is 0. The molecule has 0 amide bonds. The molecule has 0 bridgehead atoms. The molecule has 0 saturated carbocycles. The summed E-state index contributed by atoms with van der Waals surface area (Å²) in [5.41, 5.74) is -7.36. The molecule has 0 aliphatic carbocycles. The average Bonchev–Trinajstić information content (AvgIpc) is 1.88. The first-order chi connectivity index (χ1) is 8.38. The zero-order valence-corrected chi connectivity index (χ0v) is 8.36. The van der Waals surface area contributed by atoms with Gasteiger partial charge in [0, 0.05) is 0 Å². The Morgan fingerprint density at radius 1 is 0.550 bits per heavy atom. The van der Waals surface area contributed by atoms with E-state index in [9.17, 15) is 57.1 Å². The fraction of sp³-hybridized carbons (Fsp3) is 0.833. The maximum Gasteiger partial charge on any atom is 0.505 e. The number of rotatable bonds is 1. The maximum absolute atomic E-state index is 12.6. The molecule has 20 heavy (non-hydrogen) atoms. The highest BCUT2D eigenvalue weighted by atomic mass is 19.4. The van der Waals surface area contributed by atoms with Crippen LogP contribution >= 0.6 is 0 Å². The van der Waals surface area contributed by atoms with Gasteiger partial charge in [-0.05, 0) is 0 Å². The first-order valence-electron chi connectivity index (χ1n) is 3.90. The Morgan fingerprint density at radius 3 is 0.950 bits per heavy atom. The number of nitrogens with zero attached hydrogens (tertiary/aromatic N) is 1. The molecule has 0 aromatic rings. The normalized spacial score (nSPS) is 16.6. The zero-order valence-electron chi connectivity index (χ0n) is 8.36. The molecule has 0 unspecified atom stereocenters. The molecule has 0 fully saturated rings. The Kier molecular flexibility index (Phi) is 4.36. The first-order valence-corrected chi connectivity index (χ1v) is 3.90. The van der Waals surface area contributed by atoms with Gasteiger partial charge in [0.05, 0.1) is 0 Å². The van der Waals surface area contributed by atoms with Crippen molar-refractivity contribution in [1.29, 1.82) is 0 Å². The lowest BCUT2D eigenvalue weighted by atomic mass is 9.85. The van der Waals surface area contributed by atoms with Crippen LogP contribution in [0.15, 0.2) is 4.99 Å². The lowest BCUT2D eigenvalue weighted by Gasteiger charge is -2.36. The monoisotopic (exact) mass is 333 g/mol. The highest BCUT2D eigenvalue weighted by molar-refractivity contribution is 5.84. The molecular weight excluding hydrogens is 333 g/mol. The summed E-state index contributed by atoms with van der Waals surface area (Å²) in [4.78, 5) is 0.271. The molecule has 1 nitrogen and oxygen atoms in total. The quantitative estimate of drug-likeness (QED) is 0.379.